The molecule has 3 aliphatic rings. The Balaban J connectivity index is 2.34. The summed E-state index contributed by atoms with van der Waals surface area (Å²) in [5.74, 6) is 4.27. The van der Waals surface area contributed by atoms with E-state index in [9.17, 15) is 0 Å². The van der Waals surface area contributed by atoms with Crippen molar-refractivity contribution in [2.24, 2.45) is 0 Å². The molecule has 44 heavy (non-hydrogen) atoms. The summed E-state index contributed by atoms with van der Waals surface area (Å²) in [5, 5.41) is 65.7. The number of nitrogens with zero attached hydrogens (tertiary/aromatic N) is 1. The van der Waals surface area contributed by atoms with Crippen molar-refractivity contribution in [3.8, 4) is 0 Å². The van der Waals surface area contributed by atoms with Crippen molar-refractivity contribution in [1.82, 2.24) is 4.97 Å². The van der Waals surface area contributed by atoms with E-state index in [-0.39, 0.29) is 12.7 Å². The van der Waals surface area contributed by atoms with Gasteiger partial charge in [0.2, 0.25) is 0 Å². The van der Waals surface area contributed by atoms with Crippen molar-refractivity contribution in [3.05, 3.63) is 0 Å². The summed E-state index contributed by atoms with van der Waals surface area (Å²) in [6, 6.07) is 0.650. The molecule has 11 atom stereocenters. The normalized spacial score (nSPS) is 35.9. The first-order valence-electron chi connectivity index (χ1n) is 13.5. The zero-order valence-electron chi connectivity index (χ0n) is 24.9. The average molecular weight is 755 g/mol. The topological polar surface area (TPSA) is 222 Å². The SMILES string of the molecule is COC12CCC(CO1)ON([B]P)C[P+](=N)[B]CP(B=N)CP(B=N)CP(B=N)CP(B=N)CP(B=N)CP(B=N)CP2B=N. The van der Waals surface area contributed by atoms with Crippen LogP contribution in [0.3, 0.4) is 0 Å². The van der Waals surface area contributed by atoms with Crippen LogP contribution >= 0.6 is 71.3 Å². The minimum absolute atomic E-state index is 0.225. The molecule has 0 aromatic rings. The number of hydroxylamine groups is 1. The molecule has 0 saturated carbocycles. The fourth-order valence-electron chi connectivity index (χ4n) is 4.42. The van der Waals surface area contributed by atoms with Gasteiger partial charge in [0.1, 0.15) is 0 Å². The fourth-order valence-corrected chi connectivity index (χ4v) is 30.1. The maximum atomic E-state index is 8.68. The second-order valence-corrected chi connectivity index (χ2v) is 29.3. The molecular weight excluding hydrogens is 718 g/mol. The molecule has 0 spiro atoms. The standard InChI is InChI=1S/C14H36B9N9O3P9/c1-33-14-3-2-13(4-34-14)35-32(23-36)6-44(31)15-5-37(16-24)7-38(17-25)8-39(18-26)9-40(19-27)10-41(20-28)11-42(21-29)12-43(14)22-30/h13,24-31H,2-12,36H2,1H3/q+1. The number of nitrogens with one attached hydrogen (secondary N) is 8. The number of ether oxygens (including phenoxy) is 2. The van der Waals surface area contributed by atoms with Crippen LogP contribution < -0.4 is 0 Å². The predicted octanol–water partition coefficient (Wildman–Crippen LogP) is 6.69. The summed E-state index contributed by atoms with van der Waals surface area (Å²) >= 11 is 0. The quantitative estimate of drug-likeness (QED) is 0.0952. The Bertz CT molecular complexity index is 1020. The fraction of sp³-hybridized carbons (Fsp3) is 1.00. The molecule has 226 valence electrons. The van der Waals surface area contributed by atoms with E-state index in [1.54, 1.807) is 19.2 Å². The zero-order chi connectivity index (χ0) is 32.5. The van der Waals surface area contributed by atoms with E-state index in [0.717, 1.165) is 23.6 Å². The molecule has 0 amide bonds. The second kappa shape index (κ2) is 23.9. The number of rotatable bonds is 9. The van der Waals surface area contributed by atoms with E-state index >= 15 is 0 Å². The molecule has 2 radical (unpaired) electrons. The summed E-state index contributed by atoms with van der Waals surface area (Å²) in [4.78, 5) is 7.86. The molecule has 0 aromatic heterocycles. The molecule has 12 nitrogen and oxygen atoms in total. The van der Waals surface area contributed by atoms with E-state index in [2.05, 4.69) is 9.12 Å². The van der Waals surface area contributed by atoms with Crippen LogP contribution in [0.25, 0.3) is 0 Å². The van der Waals surface area contributed by atoms with Crippen LogP contribution in [0.15, 0.2) is 0 Å². The molecule has 8 N–H and O–H groups in total. The van der Waals surface area contributed by atoms with E-state index in [1.165, 1.54) is 47.5 Å². The molecule has 2 bridgehead atoms. The molecule has 0 aliphatic carbocycles. The van der Waals surface area contributed by atoms with Gasteiger partial charge in [0.15, 0.2) is 0 Å². The van der Waals surface area contributed by atoms with Gasteiger partial charge in [-0.2, -0.15) is 0 Å². The van der Waals surface area contributed by atoms with Crippen LogP contribution in [-0.4, -0.2) is 140 Å². The first-order valence-corrected chi connectivity index (χ1v) is 28.0. The van der Waals surface area contributed by atoms with Crippen LogP contribution in [0.2, 0.25) is 0 Å². The van der Waals surface area contributed by atoms with Crippen molar-refractivity contribution >= 4 is 133 Å². The monoisotopic (exact) mass is 756 g/mol. The molecule has 11 unspecified atom stereocenters. The Morgan fingerprint density at radius 1 is 0.795 bits per heavy atom. The van der Waals surface area contributed by atoms with Crippen LogP contribution in [0.1, 0.15) is 12.8 Å². The Hall–Kier alpha value is 2.56. The summed E-state index contributed by atoms with van der Waals surface area (Å²) in [6.45, 7) is 12.7. The van der Waals surface area contributed by atoms with Crippen LogP contribution in [0, 0.1) is 42.3 Å². The van der Waals surface area contributed by atoms with Gasteiger partial charge in [-0.05, 0) is 0 Å². The van der Waals surface area contributed by atoms with Gasteiger partial charge >= 0.3 is 281 Å². The van der Waals surface area contributed by atoms with E-state index in [1.807, 2.05) is 7.00 Å². The van der Waals surface area contributed by atoms with Crippen LogP contribution in [0.4, 0.5) is 0 Å². The zero-order valence-corrected chi connectivity index (χ0v) is 33.2. The van der Waals surface area contributed by atoms with Gasteiger partial charge in [0.05, 0.1) is 0 Å². The third kappa shape index (κ3) is 14.4. The number of fused-ring (bicyclic) bond motifs is 20. The van der Waals surface area contributed by atoms with E-state index < -0.39 is 67.7 Å². The predicted molar refractivity (Wildman–Crippen MR) is 209 cm³/mol. The summed E-state index contributed by atoms with van der Waals surface area (Å²) in [7, 11) is -1.50. The Labute approximate surface area is 279 Å². The van der Waals surface area contributed by atoms with Crippen molar-refractivity contribution in [2.45, 2.75) is 24.5 Å². The van der Waals surface area contributed by atoms with Gasteiger partial charge in [0, 0.05) is 0 Å². The van der Waals surface area contributed by atoms with Crippen molar-refractivity contribution in [3.63, 3.8) is 0 Å². The molecule has 0 aromatic carbocycles. The first kappa shape index (κ1) is 42.7. The van der Waals surface area contributed by atoms with Gasteiger partial charge in [-0.25, -0.2) is 0 Å². The van der Waals surface area contributed by atoms with Crippen molar-refractivity contribution in [1.29, 1.82) is 42.3 Å². The van der Waals surface area contributed by atoms with Crippen molar-refractivity contribution in [2.75, 3.05) is 61.5 Å². The van der Waals surface area contributed by atoms with Gasteiger partial charge < -0.3 is 0 Å². The van der Waals surface area contributed by atoms with E-state index in [4.69, 9.17) is 56.7 Å². The third-order valence-electron chi connectivity index (χ3n) is 6.71. The molecule has 3 rings (SSSR count). The van der Waals surface area contributed by atoms with Crippen LogP contribution in [-0.2, 0) is 14.3 Å². The van der Waals surface area contributed by atoms with Gasteiger partial charge in [0.25, 0.3) is 0 Å². The Morgan fingerprint density at radius 3 is 1.66 bits per heavy atom. The summed E-state index contributed by atoms with van der Waals surface area (Å²) < 4.78 is 12.3. The third-order valence-corrected chi connectivity index (χ3v) is 30.3. The average Bonchev–Trinajstić information content (AvgIpc) is 3.05. The molecular formula is C14H36B9N9O3P9+. The number of hydrogen-bond donors (Lipinski definition) is 8. The first-order chi connectivity index (χ1) is 21.2. The summed E-state index contributed by atoms with van der Waals surface area (Å²) in [6.07, 6.45) is 1.38. The van der Waals surface area contributed by atoms with Crippen molar-refractivity contribution < 1.29 is 14.3 Å². The van der Waals surface area contributed by atoms with Gasteiger partial charge in [-0.15, -0.1) is 0 Å². The molecule has 3 heterocycles. The molecule has 30 heteroatoms. The van der Waals surface area contributed by atoms with E-state index in [0.29, 0.717) is 37.0 Å². The second-order valence-electron chi connectivity index (χ2n) is 9.79. The van der Waals surface area contributed by atoms with Gasteiger partial charge in [-0.3, -0.25) is 0 Å². The number of methoxy groups -OCH3 is 1. The van der Waals surface area contributed by atoms with Gasteiger partial charge in [-0.1, -0.05) is 0 Å². The minimum atomic E-state index is -1.24. The molecule has 3 saturated heterocycles. The number of hydrogen-bond acceptors (Lipinski definition) is 12. The molecule has 3 aliphatic heterocycles. The maximum absolute atomic E-state index is 8.68. The Morgan fingerprint density at radius 2 is 1.27 bits per heavy atom. The molecule has 3 fully saturated rings. The van der Waals surface area contributed by atoms with Crippen LogP contribution in [0.5, 0.6) is 0 Å². The Kier molecular flexibility index (Phi) is 23.2. The summed E-state index contributed by atoms with van der Waals surface area (Å²) in [5.41, 5.74) is -0.924.